The first-order valence-electron chi connectivity index (χ1n) is 6.42. The third-order valence-electron chi connectivity index (χ3n) is 3.72. The second kappa shape index (κ2) is 5.48. The molecule has 1 saturated carbocycles. The predicted octanol–water partition coefficient (Wildman–Crippen LogP) is 2.10. The van der Waals surface area contributed by atoms with Crippen LogP contribution < -0.4 is 11.1 Å². The Kier molecular flexibility index (Phi) is 3.97. The fourth-order valence-corrected chi connectivity index (χ4v) is 2.54. The smallest absolute Gasteiger partial charge is 0.237 e. The lowest BCUT2D eigenvalue weighted by Gasteiger charge is -2.35. The molecule has 4 heteroatoms. The van der Waals surface area contributed by atoms with Crippen LogP contribution in [0.1, 0.15) is 37.7 Å². The molecule has 0 atom stereocenters. The van der Waals surface area contributed by atoms with Gasteiger partial charge in [0, 0.05) is 6.54 Å². The molecule has 0 heterocycles. The normalized spacial score (nSPS) is 18.5. The van der Waals surface area contributed by atoms with Crippen molar-refractivity contribution in [3.8, 4) is 0 Å². The first-order valence-corrected chi connectivity index (χ1v) is 6.42. The van der Waals surface area contributed by atoms with Crippen LogP contribution in [0.3, 0.4) is 0 Å². The van der Waals surface area contributed by atoms with E-state index >= 15 is 0 Å². The molecule has 0 unspecified atom stereocenters. The largest absolute Gasteiger partial charge is 0.368 e. The molecule has 0 bridgehead atoms. The second-order valence-electron chi connectivity index (χ2n) is 4.99. The molecule has 3 nitrogen and oxygen atoms in total. The molecule has 1 aromatic carbocycles. The summed E-state index contributed by atoms with van der Waals surface area (Å²) >= 11 is 0. The van der Waals surface area contributed by atoms with Crippen molar-refractivity contribution in [3.63, 3.8) is 0 Å². The average molecular weight is 250 g/mol. The van der Waals surface area contributed by atoms with Gasteiger partial charge in [-0.3, -0.25) is 10.1 Å². The van der Waals surface area contributed by atoms with Crippen molar-refractivity contribution in [2.45, 2.75) is 44.2 Å². The van der Waals surface area contributed by atoms with Crippen molar-refractivity contribution in [3.05, 3.63) is 35.6 Å². The van der Waals surface area contributed by atoms with Gasteiger partial charge in [-0.05, 0) is 30.5 Å². The number of nitrogens with one attached hydrogen (secondary N) is 1. The van der Waals surface area contributed by atoms with Crippen molar-refractivity contribution in [2.75, 3.05) is 0 Å². The standard InChI is InChI=1S/C14H19FN2O/c15-12-6-4-11(5-7-12)10-17-14(13(16)18)8-2-1-3-9-14/h4-7,17H,1-3,8-10H2,(H2,16,18). The maximum absolute atomic E-state index is 12.8. The van der Waals surface area contributed by atoms with Gasteiger partial charge in [-0.2, -0.15) is 0 Å². The number of halogens is 1. The summed E-state index contributed by atoms with van der Waals surface area (Å²) in [5, 5.41) is 3.27. The Morgan fingerprint density at radius 3 is 2.39 bits per heavy atom. The van der Waals surface area contributed by atoms with Gasteiger partial charge in [-0.15, -0.1) is 0 Å². The van der Waals surface area contributed by atoms with Crippen LogP contribution in [-0.4, -0.2) is 11.4 Å². The summed E-state index contributed by atoms with van der Waals surface area (Å²) in [7, 11) is 0. The summed E-state index contributed by atoms with van der Waals surface area (Å²) in [6, 6.07) is 6.29. The van der Waals surface area contributed by atoms with E-state index in [2.05, 4.69) is 5.32 Å². The van der Waals surface area contributed by atoms with Crippen LogP contribution in [0.5, 0.6) is 0 Å². The molecule has 1 aliphatic carbocycles. The quantitative estimate of drug-likeness (QED) is 0.859. The van der Waals surface area contributed by atoms with Crippen molar-refractivity contribution in [1.29, 1.82) is 0 Å². The molecule has 0 aliphatic heterocycles. The lowest BCUT2D eigenvalue weighted by atomic mass is 9.81. The Morgan fingerprint density at radius 2 is 1.83 bits per heavy atom. The van der Waals surface area contributed by atoms with Gasteiger partial charge >= 0.3 is 0 Å². The van der Waals surface area contributed by atoms with Crippen molar-refractivity contribution < 1.29 is 9.18 Å². The highest BCUT2D eigenvalue weighted by Crippen LogP contribution is 2.28. The van der Waals surface area contributed by atoms with Crippen LogP contribution in [0.25, 0.3) is 0 Å². The molecule has 1 amide bonds. The zero-order valence-electron chi connectivity index (χ0n) is 10.4. The summed E-state index contributed by atoms with van der Waals surface area (Å²) in [5.74, 6) is -0.523. The van der Waals surface area contributed by atoms with Crippen LogP contribution >= 0.6 is 0 Å². The number of hydrogen-bond acceptors (Lipinski definition) is 2. The van der Waals surface area contributed by atoms with Crippen LogP contribution in [0.4, 0.5) is 4.39 Å². The molecule has 2 rings (SSSR count). The Balaban J connectivity index is 2.01. The van der Waals surface area contributed by atoms with Gasteiger partial charge in [-0.1, -0.05) is 31.4 Å². The highest BCUT2D eigenvalue weighted by molar-refractivity contribution is 5.84. The minimum atomic E-state index is -0.577. The molecule has 1 fully saturated rings. The summed E-state index contributed by atoms with van der Waals surface area (Å²) < 4.78 is 12.8. The topological polar surface area (TPSA) is 55.1 Å². The van der Waals surface area contributed by atoms with E-state index in [4.69, 9.17) is 5.73 Å². The van der Waals surface area contributed by atoms with Gasteiger partial charge in [0.05, 0.1) is 5.54 Å². The van der Waals surface area contributed by atoms with Crippen LogP contribution in [-0.2, 0) is 11.3 Å². The van der Waals surface area contributed by atoms with Gasteiger partial charge in [0.1, 0.15) is 5.82 Å². The van der Waals surface area contributed by atoms with E-state index in [1.807, 2.05) is 0 Å². The lowest BCUT2D eigenvalue weighted by molar-refractivity contribution is -0.125. The second-order valence-corrected chi connectivity index (χ2v) is 4.99. The van der Waals surface area contributed by atoms with E-state index in [-0.39, 0.29) is 11.7 Å². The van der Waals surface area contributed by atoms with E-state index in [0.29, 0.717) is 6.54 Å². The number of rotatable bonds is 4. The summed E-state index contributed by atoms with van der Waals surface area (Å²) in [5.41, 5.74) is 5.91. The molecule has 0 saturated heterocycles. The maximum atomic E-state index is 12.8. The fraction of sp³-hybridized carbons (Fsp3) is 0.500. The van der Waals surface area contributed by atoms with Crippen LogP contribution in [0.2, 0.25) is 0 Å². The zero-order chi connectivity index (χ0) is 13.0. The monoisotopic (exact) mass is 250 g/mol. The third-order valence-corrected chi connectivity index (χ3v) is 3.72. The molecule has 98 valence electrons. The summed E-state index contributed by atoms with van der Waals surface area (Å²) in [4.78, 5) is 11.7. The van der Waals surface area contributed by atoms with Crippen LogP contribution in [0.15, 0.2) is 24.3 Å². The van der Waals surface area contributed by atoms with E-state index in [0.717, 1.165) is 37.7 Å². The molecule has 0 radical (unpaired) electrons. The third kappa shape index (κ3) is 2.88. The molecule has 18 heavy (non-hydrogen) atoms. The molecule has 1 aliphatic rings. The summed E-state index contributed by atoms with van der Waals surface area (Å²) in [6.45, 7) is 0.545. The number of hydrogen-bond donors (Lipinski definition) is 2. The van der Waals surface area contributed by atoms with Gasteiger partial charge < -0.3 is 5.73 Å². The predicted molar refractivity (Wildman–Crippen MR) is 68.3 cm³/mol. The van der Waals surface area contributed by atoms with E-state index < -0.39 is 5.54 Å². The molecule has 1 aromatic rings. The fourth-order valence-electron chi connectivity index (χ4n) is 2.54. The van der Waals surface area contributed by atoms with E-state index in [1.165, 1.54) is 12.1 Å². The number of carbonyl (C=O) groups is 1. The van der Waals surface area contributed by atoms with E-state index in [1.54, 1.807) is 12.1 Å². The average Bonchev–Trinajstić information content (AvgIpc) is 2.39. The summed E-state index contributed by atoms with van der Waals surface area (Å²) in [6.07, 6.45) is 4.80. The highest BCUT2D eigenvalue weighted by Gasteiger charge is 2.37. The van der Waals surface area contributed by atoms with Gasteiger partial charge in [0.15, 0.2) is 0 Å². The number of primary amides is 1. The lowest BCUT2D eigenvalue weighted by Crippen LogP contribution is -2.56. The Morgan fingerprint density at radius 1 is 1.22 bits per heavy atom. The SMILES string of the molecule is NC(=O)C1(NCc2ccc(F)cc2)CCCCC1. The minimum Gasteiger partial charge on any atom is -0.368 e. The molecule has 3 N–H and O–H groups in total. The first-order chi connectivity index (χ1) is 8.62. The Bertz CT molecular complexity index is 410. The molecular weight excluding hydrogens is 231 g/mol. The Hall–Kier alpha value is -1.42. The van der Waals surface area contributed by atoms with Gasteiger partial charge in [-0.25, -0.2) is 4.39 Å². The molecule has 0 aromatic heterocycles. The zero-order valence-corrected chi connectivity index (χ0v) is 10.4. The van der Waals surface area contributed by atoms with E-state index in [9.17, 15) is 9.18 Å². The number of amides is 1. The number of carbonyl (C=O) groups excluding carboxylic acids is 1. The molecule has 0 spiro atoms. The Labute approximate surface area is 107 Å². The van der Waals surface area contributed by atoms with Gasteiger partial charge in [0.2, 0.25) is 5.91 Å². The minimum absolute atomic E-state index is 0.249. The number of nitrogens with two attached hydrogens (primary N) is 1. The first kappa shape index (κ1) is 13.0. The maximum Gasteiger partial charge on any atom is 0.237 e. The van der Waals surface area contributed by atoms with Crippen LogP contribution in [0, 0.1) is 5.82 Å². The van der Waals surface area contributed by atoms with Crippen molar-refractivity contribution in [1.82, 2.24) is 5.32 Å². The van der Waals surface area contributed by atoms with Gasteiger partial charge in [0.25, 0.3) is 0 Å². The van der Waals surface area contributed by atoms with Crippen molar-refractivity contribution >= 4 is 5.91 Å². The number of benzene rings is 1. The highest BCUT2D eigenvalue weighted by atomic mass is 19.1. The molecular formula is C14H19FN2O. The van der Waals surface area contributed by atoms with Crippen molar-refractivity contribution in [2.24, 2.45) is 5.73 Å².